The molecule has 0 saturated heterocycles. The highest BCUT2D eigenvalue weighted by Gasteiger charge is 2.07. The zero-order valence-electron chi connectivity index (χ0n) is 12.9. The molecule has 8 heteroatoms. The highest BCUT2D eigenvalue weighted by molar-refractivity contribution is 7.99. The van der Waals surface area contributed by atoms with Gasteiger partial charge in [0, 0.05) is 24.1 Å². The molecule has 0 radical (unpaired) electrons. The molecule has 1 amide bonds. The molecule has 2 aromatic heterocycles. The molecule has 1 N–H and O–H groups in total. The summed E-state index contributed by atoms with van der Waals surface area (Å²) in [6.45, 7) is 0. The standard InChI is InChI=1S/C16H15N5O2S/c1-23-13-5-3-12(4-6-13)20-15(22)10-24-16-9-14(17-11-18-16)21-8-2-7-19-21/h2-9,11H,10H2,1H3,(H,20,22). The normalized spacial score (nSPS) is 10.4. The van der Waals surface area contributed by atoms with Crippen molar-refractivity contribution in [2.75, 3.05) is 18.2 Å². The molecule has 122 valence electrons. The number of thioether (sulfide) groups is 1. The largest absolute Gasteiger partial charge is 0.497 e. The third kappa shape index (κ3) is 4.11. The zero-order valence-corrected chi connectivity index (χ0v) is 13.7. The molecule has 1 aromatic carbocycles. The minimum Gasteiger partial charge on any atom is -0.497 e. The number of ether oxygens (including phenoxy) is 1. The van der Waals surface area contributed by atoms with E-state index in [-0.39, 0.29) is 11.7 Å². The number of anilines is 1. The smallest absolute Gasteiger partial charge is 0.234 e. The maximum Gasteiger partial charge on any atom is 0.234 e. The van der Waals surface area contributed by atoms with Gasteiger partial charge in [0.2, 0.25) is 5.91 Å². The fourth-order valence-electron chi connectivity index (χ4n) is 1.95. The van der Waals surface area contributed by atoms with Crippen molar-refractivity contribution in [3.63, 3.8) is 0 Å². The summed E-state index contributed by atoms with van der Waals surface area (Å²) in [7, 11) is 1.60. The molecule has 0 aliphatic heterocycles. The summed E-state index contributed by atoms with van der Waals surface area (Å²) in [5.74, 6) is 1.55. The van der Waals surface area contributed by atoms with Crippen molar-refractivity contribution in [3.05, 3.63) is 55.1 Å². The van der Waals surface area contributed by atoms with E-state index in [4.69, 9.17) is 4.74 Å². The average molecular weight is 341 g/mol. The monoisotopic (exact) mass is 341 g/mol. The van der Waals surface area contributed by atoms with Crippen molar-refractivity contribution >= 4 is 23.4 Å². The molecular weight excluding hydrogens is 326 g/mol. The van der Waals surface area contributed by atoms with Crippen LogP contribution in [-0.4, -0.2) is 38.5 Å². The van der Waals surface area contributed by atoms with E-state index in [2.05, 4.69) is 20.4 Å². The second-order valence-corrected chi connectivity index (χ2v) is 5.73. The number of carbonyl (C=O) groups excluding carboxylic acids is 1. The Labute approximate surface area is 143 Å². The first-order valence-corrected chi connectivity index (χ1v) is 8.12. The average Bonchev–Trinajstić information content (AvgIpc) is 3.16. The van der Waals surface area contributed by atoms with E-state index in [1.165, 1.54) is 18.1 Å². The number of methoxy groups -OCH3 is 1. The van der Waals surface area contributed by atoms with Gasteiger partial charge in [-0.25, -0.2) is 14.6 Å². The molecular formula is C16H15N5O2S. The van der Waals surface area contributed by atoms with Crippen molar-refractivity contribution in [2.24, 2.45) is 0 Å². The van der Waals surface area contributed by atoms with Crippen LogP contribution in [0.5, 0.6) is 5.75 Å². The van der Waals surface area contributed by atoms with Gasteiger partial charge >= 0.3 is 0 Å². The molecule has 0 bridgehead atoms. The summed E-state index contributed by atoms with van der Waals surface area (Å²) in [6.07, 6.45) is 4.94. The first kappa shape index (κ1) is 16.0. The van der Waals surface area contributed by atoms with E-state index in [1.807, 2.05) is 6.07 Å². The first-order valence-electron chi connectivity index (χ1n) is 7.13. The number of aromatic nitrogens is 4. The number of benzene rings is 1. The van der Waals surface area contributed by atoms with Crippen LogP contribution in [0.25, 0.3) is 5.82 Å². The van der Waals surface area contributed by atoms with Crippen molar-refractivity contribution < 1.29 is 9.53 Å². The molecule has 0 aliphatic rings. The molecule has 24 heavy (non-hydrogen) atoms. The van der Waals surface area contributed by atoms with Crippen LogP contribution in [0.3, 0.4) is 0 Å². The van der Waals surface area contributed by atoms with Crippen LogP contribution < -0.4 is 10.1 Å². The lowest BCUT2D eigenvalue weighted by atomic mass is 10.3. The Morgan fingerprint density at radius 2 is 2.12 bits per heavy atom. The van der Waals surface area contributed by atoms with Crippen LogP contribution in [0.1, 0.15) is 0 Å². The molecule has 0 atom stereocenters. The van der Waals surface area contributed by atoms with Crippen molar-refractivity contribution in [2.45, 2.75) is 5.03 Å². The fourth-order valence-corrected chi connectivity index (χ4v) is 2.61. The van der Waals surface area contributed by atoms with Crippen LogP contribution >= 0.6 is 11.8 Å². The van der Waals surface area contributed by atoms with E-state index in [9.17, 15) is 4.79 Å². The number of hydrogen-bond donors (Lipinski definition) is 1. The Kier molecular flexibility index (Phi) is 5.07. The van der Waals surface area contributed by atoms with Gasteiger partial charge in [-0.15, -0.1) is 0 Å². The summed E-state index contributed by atoms with van der Waals surface area (Å²) in [5, 5.41) is 7.66. The van der Waals surface area contributed by atoms with Gasteiger partial charge in [-0.2, -0.15) is 5.10 Å². The van der Waals surface area contributed by atoms with Crippen molar-refractivity contribution in [3.8, 4) is 11.6 Å². The number of amides is 1. The highest BCUT2D eigenvalue weighted by Crippen LogP contribution is 2.18. The van der Waals surface area contributed by atoms with Gasteiger partial charge in [0.15, 0.2) is 5.82 Å². The van der Waals surface area contributed by atoms with Gasteiger partial charge in [-0.1, -0.05) is 11.8 Å². The Balaban J connectivity index is 1.57. The zero-order chi connectivity index (χ0) is 16.8. The van der Waals surface area contributed by atoms with Crippen LogP contribution in [0, 0.1) is 0 Å². The van der Waals surface area contributed by atoms with Crippen molar-refractivity contribution in [1.82, 2.24) is 19.7 Å². The first-order chi connectivity index (χ1) is 11.7. The van der Waals surface area contributed by atoms with Gasteiger partial charge in [0.05, 0.1) is 12.9 Å². The lowest BCUT2D eigenvalue weighted by Crippen LogP contribution is -2.14. The third-order valence-corrected chi connectivity index (χ3v) is 4.02. The van der Waals surface area contributed by atoms with E-state index in [0.29, 0.717) is 10.8 Å². The summed E-state index contributed by atoms with van der Waals surface area (Å²) in [5.41, 5.74) is 0.723. The molecule has 7 nitrogen and oxygen atoms in total. The van der Waals surface area contributed by atoms with E-state index >= 15 is 0 Å². The molecule has 0 aliphatic carbocycles. The number of carbonyl (C=O) groups is 1. The Hall–Kier alpha value is -2.87. The fraction of sp³-hybridized carbons (Fsp3) is 0.125. The number of nitrogens with one attached hydrogen (secondary N) is 1. The molecule has 0 spiro atoms. The third-order valence-electron chi connectivity index (χ3n) is 3.09. The molecule has 3 aromatic rings. The Morgan fingerprint density at radius 3 is 2.83 bits per heavy atom. The SMILES string of the molecule is COc1ccc(NC(=O)CSc2cc(-n3cccn3)ncn2)cc1. The van der Waals surface area contributed by atoms with Gasteiger partial charge in [-0.3, -0.25) is 4.79 Å². The molecule has 0 fully saturated rings. The second kappa shape index (κ2) is 7.60. The minimum atomic E-state index is -0.107. The molecule has 2 heterocycles. The number of rotatable bonds is 6. The quantitative estimate of drug-likeness (QED) is 0.548. The number of nitrogens with zero attached hydrogens (tertiary/aromatic N) is 4. The maximum absolute atomic E-state index is 12.0. The minimum absolute atomic E-state index is 0.107. The Morgan fingerprint density at radius 1 is 1.29 bits per heavy atom. The summed E-state index contributed by atoms with van der Waals surface area (Å²) in [4.78, 5) is 20.4. The number of hydrogen-bond acceptors (Lipinski definition) is 6. The van der Waals surface area contributed by atoms with E-state index < -0.39 is 0 Å². The summed E-state index contributed by atoms with van der Waals surface area (Å²) in [6, 6.07) is 10.8. The molecule has 0 saturated carbocycles. The highest BCUT2D eigenvalue weighted by atomic mass is 32.2. The lowest BCUT2D eigenvalue weighted by molar-refractivity contribution is -0.113. The van der Waals surface area contributed by atoms with Crippen LogP contribution in [0.4, 0.5) is 5.69 Å². The van der Waals surface area contributed by atoms with Crippen LogP contribution in [0.2, 0.25) is 0 Å². The summed E-state index contributed by atoms with van der Waals surface area (Å²) >= 11 is 1.34. The summed E-state index contributed by atoms with van der Waals surface area (Å²) < 4.78 is 6.73. The molecule has 3 rings (SSSR count). The van der Waals surface area contributed by atoms with Crippen molar-refractivity contribution in [1.29, 1.82) is 0 Å². The van der Waals surface area contributed by atoms with E-state index in [1.54, 1.807) is 54.5 Å². The van der Waals surface area contributed by atoms with Gasteiger partial charge in [0.25, 0.3) is 0 Å². The van der Waals surface area contributed by atoms with Gasteiger partial charge in [-0.05, 0) is 30.3 Å². The van der Waals surface area contributed by atoms with Gasteiger partial charge < -0.3 is 10.1 Å². The lowest BCUT2D eigenvalue weighted by Gasteiger charge is -2.06. The Bertz CT molecular complexity index is 806. The topological polar surface area (TPSA) is 81.9 Å². The van der Waals surface area contributed by atoms with E-state index in [0.717, 1.165) is 11.4 Å². The molecule has 0 unspecified atom stereocenters. The van der Waals surface area contributed by atoms with Crippen LogP contribution in [0.15, 0.2) is 60.1 Å². The second-order valence-electron chi connectivity index (χ2n) is 4.73. The predicted molar refractivity (Wildman–Crippen MR) is 91.5 cm³/mol. The van der Waals surface area contributed by atoms with Gasteiger partial charge in [0.1, 0.15) is 17.1 Å². The maximum atomic E-state index is 12.0. The van der Waals surface area contributed by atoms with Crippen LogP contribution in [-0.2, 0) is 4.79 Å². The predicted octanol–water partition coefficient (Wildman–Crippen LogP) is 2.40.